The first-order valence-electron chi connectivity index (χ1n) is 10.4. The largest absolute Gasteiger partial charge is 0.494 e. The molecule has 0 amide bonds. The van der Waals surface area contributed by atoms with Gasteiger partial charge in [0.25, 0.3) is 0 Å². The molecule has 0 bridgehead atoms. The second kappa shape index (κ2) is 9.30. The molecule has 1 saturated heterocycles. The Kier molecular flexibility index (Phi) is 6.33. The van der Waals surface area contributed by atoms with Crippen molar-refractivity contribution in [2.24, 2.45) is 5.92 Å². The molecule has 30 heavy (non-hydrogen) atoms. The third-order valence-corrected chi connectivity index (χ3v) is 5.86. The average molecular weight is 421 g/mol. The first kappa shape index (κ1) is 20.4. The number of pyridine rings is 1. The van der Waals surface area contributed by atoms with Crippen LogP contribution in [0.1, 0.15) is 25.3 Å². The van der Waals surface area contributed by atoms with Gasteiger partial charge in [0.2, 0.25) is 0 Å². The number of benzene rings is 2. The fourth-order valence-corrected chi connectivity index (χ4v) is 4.20. The number of hydrogen-bond donors (Lipinski definition) is 2. The fraction of sp³-hybridized carbons (Fsp3) is 0.333. The van der Waals surface area contributed by atoms with E-state index < -0.39 is 0 Å². The van der Waals surface area contributed by atoms with Crippen molar-refractivity contribution in [3.8, 4) is 5.75 Å². The molecule has 0 spiro atoms. The molecule has 4 rings (SSSR count). The minimum atomic E-state index is 0.583. The molecule has 3 aromatic rings. The predicted molar refractivity (Wildman–Crippen MR) is 128 cm³/mol. The molecule has 0 aliphatic carbocycles. The molecule has 2 heterocycles. The first-order valence-corrected chi connectivity index (χ1v) is 10.9. The molecular formula is C24H28N4OS. The smallest absolute Gasteiger partial charge is 0.171 e. The molecule has 0 radical (unpaired) electrons. The molecule has 1 aliphatic heterocycles. The fourth-order valence-electron chi connectivity index (χ4n) is 4.02. The number of rotatable bonds is 5. The van der Waals surface area contributed by atoms with Gasteiger partial charge in [0.1, 0.15) is 11.3 Å². The van der Waals surface area contributed by atoms with Gasteiger partial charge in [-0.2, -0.15) is 0 Å². The van der Waals surface area contributed by atoms with Gasteiger partial charge in [-0.15, -0.1) is 0 Å². The van der Waals surface area contributed by atoms with E-state index in [0.717, 1.165) is 41.3 Å². The van der Waals surface area contributed by atoms with Gasteiger partial charge >= 0.3 is 0 Å². The summed E-state index contributed by atoms with van der Waals surface area (Å²) in [5, 5.41) is 8.15. The molecule has 5 nitrogen and oxygen atoms in total. The van der Waals surface area contributed by atoms with Crippen LogP contribution in [-0.4, -0.2) is 30.3 Å². The van der Waals surface area contributed by atoms with E-state index in [0.29, 0.717) is 11.7 Å². The average Bonchev–Trinajstić information content (AvgIpc) is 2.78. The van der Waals surface area contributed by atoms with Crippen LogP contribution in [0.15, 0.2) is 54.7 Å². The number of nitrogens with one attached hydrogen (secondary N) is 2. The summed E-state index contributed by atoms with van der Waals surface area (Å²) in [4.78, 5) is 6.92. The molecule has 156 valence electrons. The SMILES string of the molecule is COc1ccc(NC(=S)NCc2ccc(N3CCC[C@@H](C)C3)cc2)c2cccnc12. The molecule has 1 atom stereocenters. The lowest BCUT2D eigenvalue weighted by Crippen LogP contribution is -2.34. The van der Waals surface area contributed by atoms with E-state index in [-0.39, 0.29) is 0 Å². The number of aromatic nitrogens is 1. The highest BCUT2D eigenvalue weighted by molar-refractivity contribution is 7.80. The van der Waals surface area contributed by atoms with Crippen molar-refractivity contribution in [3.05, 3.63) is 60.3 Å². The Labute approximate surface area is 183 Å². The lowest BCUT2D eigenvalue weighted by molar-refractivity contribution is 0.419. The molecule has 1 aromatic heterocycles. The maximum atomic E-state index is 5.52. The summed E-state index contributed by atoms with van der Waals surface area (Å²) in [6.45, 7) is 5.31. The predicted octanol–water partition coefficient (Wildman–Crippen LogP) is 4.97. The molecule has 1 aliphatic rings. The van der Waals surface area contributed by atoms with Crippen molar-refractivity contribution < 1.29 is 4.74 Å². The van der Waals surface area contributed by atoms with Gasteiger partial charge in [-0.25, -0.2) is 0 Å². The van der Waals surface area contributed by atoms with E-state index in [2.05, 4.69) is 51.7 Å². The minimum absolute atomic E-state index is 0.583. The van der Waals surface area contributed by atoms with Crippen LogP contribution in [0, 0.1) is 5.92 Å². The Morgan fingerprint density at radius 3 is 2.80 bits per heavy atom. The third kappa shape index (κ3) is 4.65. The van der Waals surface area contributed by atoms with Crippen molar-refractivity contribution in [1.29, 1.82) is 0 Å². The number of methoxy groups -OCH3 is 1. The van der Waals surface area contributed by atoms with Crippen LogP contribution in [0.25, 0.3) is 10.9 Å². The van der Waals surface area contributed by atoms with Crippen LogP contribution in [-0.2, 0) is 6.54 Å². The maximum absolute atomic E-state index is 5.52. The molecule has 2 N–H and O–H groups in total. The molecular weight excluding hydrogens is 392 g/mol. The van der Waals surface area contributed by atoms with E-state index in [1.165, 1.54) is 24.1 Å². The van der Waals surface area contributed by atoms with E-state index in [1.54, 1.807) is 13.3 Å². The van der Waals surface area contributed by atoms with Gasteiger partial charge in [0.15, 0.2) is 5.11 Å². The number of nitrogens with zero attached hydrogens (tertiary/aromatic N) is 2. The Hall–Kier alpha value is -2.86. The van der Waals surface area contributed by atoms with Crippen molar-refractivity contribution in [1.82, 2.24) is 10.3 Å². The highest BCUT2D eigenvalue weighted by atomic mass is 32.1. The zero-order chi connectivity index (χ0) is 20.9. The monoisotopic (exact) mass is 420 g/mol. The quantitative estimate of drug-likeness (QED) is 0.569. The molecule has 1 fully saturated rings. The highest BCUT2D eigenvalue weighted by Gasteiger charge is 2.16. The summed E-state index contributed by atoms with van der Waals surface area (Å²) < 4.78 is 5.41. The van der Waals surface area contributed by atoms with Gasteiger partial charge in [-0.05, 0) is 72.9 Å². The zero-order valence-corrected chi connectivity index (χ0v) is 18.3. The summed E-state index contributed by atoms with van der Waals surface area (Å²) in [5.41, 5.74) is 4.24. The molecule has 2 aromatic carbocycles. The number of piperidine rings is 1. The Bertz CT molecular complexity index is 1020. The van der Waals surface area contributed by atoms with Crippen LogP contribution in [0.5, 0.6) is 5.75 Å². The van der Waals surface area contributed by atoms with Gasteiger partial charge in [-0.3, -0.25) is 4.98 Å². The summed E-state index contributed by atoms with van der Waals surface area (Å²) in [7, 11) is 1.65. The zero-order valence-electron chi connectivity index (χ0n) is 17.5. The number of anilines is 2. The van der Waals surface area contributed by atoms with Gasteiger partial charge < -0.3 is 20.3 Å². The standard InChI is InChI=1S/C24H28N4OS/c1-17-5-4-14-28(16-17)19-9-7-18(8-10-19)15-26-24(30)27-21-11-12-22(29-2)23-20(21)6-3-13-25-23/h3,6-13,17H,4-5,14-16H2,1-2H3,(H2,26,27,30)/t17-/m1/s1. The van der Waals surface area contributed by atoms with E-state index in [1.807, 2.05) is 24.3 Å². The Morgan fingerprint density at radius 1 is 1.20 bits per heavy atom. The van der Waals surface area contributed by atoms with Crippen molar-refractivity contribution >= 4 is 39.6 Å². The number of thiocarbonyl (C=S) groups is 1. The Balaban J connectivity index is 1.37. The molecule has 6 heteroatoms. The maximum Gasteiger partial charge on any atom is 0.171 e. The Morgan fingerprint density at radius 2 is 2.03 bits per heavy atom. The molecule has 0 saturated carbocycles. The number of fused-ring (bicyclic) bond motifs is 1. The second-order valence-corrected chi connectivity index (χ2v) is 8.29. The second-order valence-electron chi connectivity index (χ2n) is 7.88. The highest BCUT2D eigenvalue weighted by Crippen LogP contribution is 2.29. The minimum Gasteiger partial charge on any atom is -0.494 e. The van der Waals surface area contributed by atoms with Gasteiger partial charge in [0.05, 0.1) is 7.11 Å². The van der Waals surface area contributed by atoms with E-state index in [4.69, 9.17) is 17.0 Å². The number of hydrogen-bond acceptors (Lipinski definition) is 4. The normalized spacial score (nSPS) is 16.3. The lowest BCUT2D eigenvalue weighted by Gasteiger charge is -2.32. The van der Waals surface area contributed by atoms with E-state index in [9.17, 15) is 0 Å². The summed E-state index contributed by atoms with van der Waals surface area (Å²) in [6.07, 6.45) is 4.38. The van der Waals surface area contributed by atoms with Crippen LogP contribution in [0.2, 0.25) is 0 Å². The van der Waals surface area contributed by atoms with Crippen molar-refractivity contribution in [2.45, 2.75) is 26.3 Å². The third-order valence-electron chi connectivity index (χ3n) is 5.61. The van der Waals surface area contributed by atoms with Gasteiger partial charge in [0, 0.05) is 42.6 Å². The van der Waals surface area contributed by atoms with Gasteiger partial charge in [-0.1, -0.05) is 19.1 Å². The summed E-state index contributed by atoms with van der Waals surface area (Å²) >= 11 is 5.52. The van der Waals surface area contributed by atoms with Crippen LogP contribution < -0.4 is 20.3 Å². The molecule has 0 unspecified atom stereocenters. The summed E-state index contributed by atoms with van der Waals surface area (Å²) in [6, 6.07) is 16.6. The van der Waals surface area contributed by atoms with Crippen molar-refractivity contribution in [3.63, 3.8) is 0 Å². The van der Waals surface area contributed by atoms with Crippen LogP contribution in [0.3, 0.4) is 0 Å². The van der Waals surface area contributed by atoms with Crippen molar-refractivity contribution in [2.75, 3.05) is 30.4 Å². The van der Waals surface area contributed by atoms with E-state index >= 15 is 0 Å². The van der Waals surface area contributed by atoms with Crippen LogP contribution in [0.4, 0.5) is 11.4 Å². The lowest BCUT2D eigenvalue weighted by atomic mass is 9.99. The number of ether oxygens (including phenoxy) is 1. The van der Waals surface area contributed by atoms with Crippen LogP contribution >= 0.6 is 12.2 Å². The summed E-state index contributed by atoms with van der Waals surface area (Å²) in [5.74, 6) is 1.52. The topological polar surface area (TPSA) is 49.4 Å². The first-order chi connectivity index (χ1) is 14.6.